The number of carbonyl (C=O) groups is 1. The van der Waals surface area contributed by atoms with Gasteiger partial charge in [0.2, 0.25) is 0 Å². The zero-order chi connectivity index (χ0) is 18.2. The quantitative estimate of drug-likeness (QED) is 0.683. The fraction of sp³-hybridized carbons (Fsp3) is 0.211. The average Bonchev–Trinajstić information content (AvgIpc) is 2.64. The molecule has 0 radical (unpaired) electrons. The first-order chi connectivity index (χ1) is 12.1. The van der Waals surface area contributed by atoms with Crippen molar-refractivity contribution >= 4 is 12.0 Å². The second-order valence-corrected chi connectivity index (χ2v) is 5.04. The Hall–Kier alpha value is -3.15. The van der Waals surface area contributed by atoms with Gasteiger partial charge in [-0.25, -0.2) is 0 Å². The van der Waals surface area contributed by atoms with Gasteiger partial charge in [-0.3, -0.25) is 0 Å². The van der Waals surface area contributed by atoms with Crippen LogP contribution in [0.2, 0.25) is 0 Å². The maximum absolute atomic E-state index is 10.5. The van der Waals surface area contributed by atoms with Crippen LogP contribution in [0.5, 0.6) is 23.0 Å². The molecule has 25 heavy (non-hydrogen) atoms. The van der Waals surface area contributed by atoms with Gasteiger partial charge >= 0.3 is 0 Å². The maximum atomic E-state index is 10.5. The van der Waals surface area contributed by atoms with Crippen molar-refractivity contribution in [1.82, 2.24) is 0 Å². The highest BCUT2D eigenvalue weighted by atomic mass is 16.5. The van der Waals surface area contributed by atoms with Crippen LogP contribution in [0.1, 0.15) is 11.1 Å². The van der Waals surface area contributed by atoms with Crippen LogP contribution in [0.25, 0.3) is 6.08 Å². The van der Waals surface area contributed by atoms with E-state index in [-0.39, 0.29) is 0 Å². The standard InChI is InChI=1S/C19H20O6/c1-22-15-7-5-14(11-17(15)23-2)12-25-16-8-4-13(6-9-19(20)21)10-18(16)24-3/h4-11H,12H2,1-3H3,(H,20,21)/p-1/b9-6+. The molecule has 0 spiro atoms. The first-order valence-corrected chi connectivity index (χ1v) is 7.48. The minimum absolute atomic E-state index is 0.310. The molecule has 2 aromatic carbocycles. The highest BCUT2D eigenvalue weighted by Crippen LogP contribution is 2.31. The lowest BCUT2D eigenvalue weighted by atomic mass is 10.2. The van der Waals surface area contributed by atoms with Crippen molar-refractivity contribution in [2.24, 2.45) is 0 Å². The van der Waals surface area contributed by atoms with Gasteiger partial charge in [0.1, 0.15) is 6.61 Å². The fourth-order valence-corrected chi connectivity index (χ4v) is 2.20. The molecule has 0 amide bonds. The number of benzene rings is 2. The van der Waals surface area contributed by atoms with E-state index < -0.39 is 5.97 Å². The SMILES string of the molecule is COc1ccc(COc2ccc(/C=C/C(=O)[O-])cc2OC)cc1OC. The summed E-state index contributed by atoms with van der Waals surface area (Å²) in [5.74, 6) is 1.06. The predicted molar refractivity (Wildman–Crippen MR) is 90.9 cm³/mol. The summed E-state index contributed by atoms with van der Waals surface area (Å²) in [5.41, 5.74) is 1.57. The van der Waals surface area contributed by atoms with Crippen molar-refractivity contribution in [3.05, 3.63) is 53.6 Å². The third-order valence-corrected chi connectivity index (χ3v) is 3.44. The Kier molecular flexibility index (Phi) is 6.28. The van der Waals surface area contributed by atoms with Gasteiger partial charge < -0.3 is 28.8 Å². The van der Waals surface area contributed by atoms with Gasteiger partial charge in [-0.15, -0.1) is 0 Å². The molecule has 0 bridgehead atoms. The monoisotopic (exact) mass is 343 g/mol. The van der Waals surface area contributed by atoms with Crippen molar-refractivity contribution in [2.75, 3.05) is 21.3 Å². The van der Waals surface area contributed by atoms with Crippen molar-refractivity contribution < 1.29 is 28.8 Å². The Morgan fingerprint density at radius 3 is 2.20 bits per heavy atom. The predicted octanol–water partition coefficient (Wildman–Crippen LogP) is 2.05. The average molecular weight is 343 g/mol. The van der Waals surface area contributed by atoms with Crippen LogP contribution in [-0.2, 0) is 11.4 Å². The Balaban J connectivity index is 2.13. The van der Waals surface area contributed by atoms with Crippen LogP contribution in [-0.4, -0.2) is 27.3 Å². The number of rotatable bonds is 8. The van der Waals surface area contributed by atoms with Gasteiger partial charge in [-0.1, -0.05) is 18.2 Å². The summed E-state index contributed by atoms with van der Waals surface area (Å²) in [6, 6.07) is 10.7. The van der Waals surface area contributed by atoms with Crippen LogP contribution in [0.4, 0.5) is 0 Å². The molecule has 0 N–H and O–H groups in total. The molecule has 0 aliphatic heterocycles. The molecule has 0 heterocycles. The Morgan fingerprint density at radius 2 is 1.56 bits per heavy atom. The van der Waals surface area contributed by atoms with Crippen LogP contribution in [0.15, 0.2) is 42.5 Å². The number of hydrogen-bond acceptors (Lipinski definition) is 6. The third-order valence-electron chi connectivity index (χ3n) is 3.44. The molecule has 0 saturated heterocycles. The normalized spacial score (nSPS) is 10.5. The largest absolute Gasteiger partial charge is 0.545 e. The van der Waals surface area contributed by atoms with Crippen molar-refractivity contribution in [2.45, 2.75) is 6.61 Å². The smallest absolute Gasteiger partial charge is 0.161 e. The molecule has 0 aliphatic carbocycles. The van der Waals surface area contributed by atoms with Gasteiger partial charge in [0.25, 0.3) is 0 Å². The van der Waals surface area contributed by atoms with Gasteiger partial charge in [-0.2, -0.15) is 0 Å². The number of carboxylic acids is 1. The molecule has 132 valence electrons. The maximum Gasteiger partial charge on any atom is 0.161 e. The summed E-state index contributed by atoms with van der Waals surface area (Å²) in [6.07, 6.45) is 2.38. The topological polar surface area (TPSA) is 77.1 Å². The molecule has 0 unspecified atom stereocenters. The molecular formula is C19H19O6-. The van der Waals surface area contributed by atoms with Crippen molar-refractivity contribution in [1.29, 1.82) is 0 Å². The van der Waals surface area contributed by atoms with Crippen LogP contribution < -0.4 is 24.1 Å². The highest BCUT2D eigenvalue weighted by Gasteiger charge is 2.08. The zero-order valence-corrected chi connectivity index (χ0v) is 14.3. The number of carboxylic acid groups (broad SMARTS) is 1. The van der Waals surface area contributed by atoms with E-state index >= 15 is 0 Å². The third kappa shape index (κ3) is 4.91. The van der Waals surface area contributed by atoms with E-state index in [1.165, 1.54) is 13.2 Å². The number of carbonyl (C=O) groups excluding carboxylic acids is 1. The molecule has 2 rings (SSSR count). The fourth-order valence-electron chi connectivity index (χ4n) is 2.20. The second kappa shape index (κ2) is 8.63. The Morgan fingerprint density at radius 1 is 0.920 bits per heavy atom. The summed E-state index contributed by atoms with van der Waals surface area (Å²) < 4.78 is 21.6. The number of methoxy groups -OCH3 is 3. The minimum Gasteiger partial charge on any atom is -0.545 e. The van der Waals surface area contributed by atoms with Crippen LogP contribution in [0.3, 0.4) is 0 Å². The van der Waals surface area contributed by atoms with Crippen LogP contribution >= 0.6 is 0 Å². The van der Waals surface area contributed by atoms with Gasteiger partial charge in [0, 0.05) is 0 Å². The van der Waals surface area contributed by atoms with Gasteiger partial charge in [-0.05, 0) is 41.5 Å². The molecular weight excluding hydrogens is 324 g/mol. The van der Waals surface area contributed by atoms with E-state index in [0.29, 0.717) is 35.2 Å². The van der Waals surface area contributed by atoms with Gasteiger partial charge in [0.15, 0.2) is 23.0 Å². The number of ether oxygens (including phenoxy) is 4. The van der Waals surface area contributed by atoms with E-state index in [4.69, 9.17) is 18.9 Å². The highest BCUT2D eigenvalue weighted by molar-refractivity contribution is 5.83. The van der Waals surface area contributed by atoms with E-state index in [1.54, 1.807) is 32.4 Å². The molecule has 2 aromatic rings. The van der Waals surface area contributed by atoms with E-state index in [2.05, 4.69) is 0 Å². The molecule has 0 saturated carbocycles. The van der Waals surface area contributed by atoms with Crippen molar-refractivity contribution in [3.8, 4) is 23.0 Å². The molecule has 6 heteroatoms. The zero-order valence-electron chi connectivity index (χ0n) is 14.3. The summed E-state index contributed by atoms with van der Waals surface area (Å²) in [6.45, 7) is 0.310. The molecule has 0 atom stereocenters. The van der Waals surface area contributed by atoms with Gasteiger partial charge in [0.05, 0.1) is 27.3 Å². The van der Waals surface area contributed by atoms with E-state index in [1.807, 2.05) is 18.2 Å². The summed E-state index contributed by atoms with van der Waals surface area (Å²) in [4.78, 5) is 10.5. The van der Waals surface area contributed by atoms with Crippen molar-refractivity contribution in [3.63, 3.8) is 0 Å². The van der Waals surface area contributed by atoms with Crippen LogP contribution in [0, 0.1) is 0 Å². The summed E-state index contributed by atoms with van der Waals surface area (Å²) in [7, 11) is 4.67. The Labute approximate surface area is 146 Å². The van der Waals surface area contributed by atoms with E-state index in [0.717, 1.165) is 11.6 Å². The summed E-state index contributed by atoms with van der Waals surface area (Å²) >= 11 is 0. The molecule has 0 aliphatic rings. The lowest BCUT2D eigenvalue weighted by molar-refractivity contribution is -0.297. The Bertz CT molecular complexity index is 767. The number of hydrogen-bond donors (Lipinski definition) is 0. The van der Waals surface area contributed by atoms with E-state index in [9.17, 15) is 9.90 Å². The lowest BCUT2D eigenvalue weighted by Crippen LogP contribution is -2.18. The molecule has 6 nitrogen and oxygen atoms in total. The summed E-state index contributed by atoms with van der Waals surface area (Å²) in [5, 5.41) is 10.5. The molecule has 0 fully saturated rings. The first-order valence-electron chi connectivity index (χ1n) is 7.48. The molecule has 0 aromatic heterocycles. The minimum atomic E-state index is -1.26. The first kappa shape index (κ1) is 18.2. The number of aliphatic carboxylic acids is 1. The lowest BCUT2D eigenvalue weighted by Gasteiger charge is -2.13. The second-order valence-electron chi connectivity index (χ2n) is 5.04.